The fraction of sp³-hybridized carbons (Fsp3) is 0.440. The first-order chi connectivity index (χ1) is 15.7. The lowest BCUT2D eigenvalue weighted by molar-refractivity contribution is -0.121. The van der Waals surface area contributed by atoms with Gasteiger partial charge in [0, 0.05) is 18.0 Å². The Morgan fingerprint density at radius 3 is 2.67 bits per heavy atom. The highest BCUT2D eigenvalue weighted by Gasteiger charge is 2.35. The summed E-state index contributed by atoms with van der Waals surface area (Å²) in [5.41, 5.74) is 3.39. The van der Waals surface area contributed by atoms with Crippen molar-refractivity contribution in [3.8, 4) is 17.2 Å². The number of aromatic nitrogens is 2. The lowest BCUT2D eigenvalue weighted by atomic mass is 9.83. The first kappa shape index (κ1) is 23.5. The summed E-state index contributed by atoms with van der Waals surface area (Å²) in [6.07, 6.45) is 4.37. The van der Waals surface area contributed by atoms with Crippen molar-refractivity contribution < 1.29 is 4.79 Å². The predicted octanol–water partition coefficient (Wildman–Crippen LogP) is 5.10. The van der Waals surface area contributed by atoms with Gasteiger partial charge in [-0.05, 0) is 50.3 Å². The molecule has 2 heterocycles. The van der Waals surface area contributed by atoms with E-state index in [2.05, 4.69) is 37.4 Å². The van der Waals surface area contributed by atoms with Gasteiger partial charge in [-0.25, -0.2) is 4.98 Å². The minimum absolute atomic E-state index is 0.120. The number of rotatable bonds is 5. The van der Waals surface area contributed by atoms with Gasteiger partial charge in [0.05, 0.1) is 16.7 Å². The molecule has 1 fully saturated rings. The van der Waals surface area contributed by atoms with Crippen LogP contribution in [0.5, 0.6) is 0 Å². The van der Waals surface area contributed by atoms with Gasteiger partial charge < -0.3 is 5.32 Å². The van der Waals surface area contributed by atoms with Crippen LogP contribution in [0.15, 0.2) is 33.5 Å². The van der Waals surface area contributed by atoms with Gasteiger partial charge in [-0.1, -0.05) is 49.2 Å². The first-order valence-electron chi connectivity index (χ1n) is 11.2. The number of carbonyl (C=O) groups excluding carboxylic acids is 1. The second-order valence-electron chi connectivity index (χ2n) is 8.89. The number of hydrogen-bond donors (Lipinski definition) is 1. The van der Waals surface area contributed by atoms with Gasteiger partial charge in [-0.2, -0.15) is 5.26 Å². The zero-order chi connectivity index (χ0) is 23.8. The number of hydrogen-bond acceptors (Lipinski definition) is 6. The van der Waals surface area contributed by atoms with Crippen molar-refractivity contribution in [2.24, 2.45) is 7.05 Å². The number of benzene rings is 1. The fourth-order valence-electron chi connectivity index (χ4n) is 4.25. The number of aryl methyl sites for hydroxylation is 2. The molecule has 0 spiro atoms. The number of fused-ring (bicyclic) bond motifs is 1. The highest BCUT2D eigenvalue weighted by atomic mass is 32.2. The first-order valence-corrected chi connectivity index (χ1v) is 13.0. The van der Waals surface area contributed by atoms with Crippen LogP contribution in [-0.4, -0.2) is 26.2 Å². The standard InChI is InChI=1S/C25H28N4O2S2/c1-15-8-9-18(12-16(15)2)19-13-32-22-20(19)23(31)29(4)24(27-22)33-17(3)21(30)28-25(14-26)10-6-5-7-11-25/h8-9,12-13,17H,5-7,10-11H2,1-4H3,(H,28,30). The van der Waals surface area contributed by atoms with Crippen molar-refractivity contribution in [3.63, 3.8) is 0 Å². The number of amides is 1. The molecule has 1 atom stereocenters. The third-order valence-electron chi connectivity index (χ3n) is 6.53. The van der Waals surface area contributed by atoms with Gasteiger partial charge in [0.15, 0.2) is 5.16 Å². The van der Waals surface area contributed by atoms with Crippen molar-refractivity contribution in [1.82, 2.24) is 14.9 Å². The van der Waals surface area contributed by atoms with Crippen LogP contribution in [0.4, 0.5) is 0 Å². The number of thioether (sulfide) groups is 1. The van der Waals surface area contributed by atoms with E-state index in [9.17, 15) is 14.9 Å². The van der Waals surface area contributed by atoms with Gasteiger partial charge >= 0.3 is 0 Å². The van der Waals surface area contributed by atoms with E-state index in [1.807, 2.05) is 11.4 Å². The Balaban J connectivity index is 1.61. The zero-order valence-corrected chi connectivity index (χ0v) is 21.0. The van der Waals surface area contributed by atoms with Gasteiger partial charge in [0.2, 0.25) is 5.91 Å². The zero-order valence-electron chi connectivity index (χ0n) is 19.4. The molecule has 0 saturated heterocycles. The molecule has 3 aromatic rings. The second-order valence-corrected chi connectivity index (χ2v) is 11.1. The van der Waals surface area contributed by atoms with Crippen molar-refractivity contribution in [3.05, 3.63) is 45.1 Å². The largest absolute Gasteiger partial charge is 0.337 e. The summed E-state index contributed by atoms with van der Waals surface area (Å²) < 4.78 is 1.52. The fourth-order valence-corrected chi connectivity index (χ4v) is 6.11. The number of nitriles is 1. The van der Waals surface area contributed by atoms with Crippen LogP contribution in [0.3, 0.4) is 0 Å². The van der Waals surface area contributed by atoms with Crippen LogP contribution >= 0.6 is 23.1 Å². The number of carbonyl (C=O) groups is 1. The molecule has 0 aliphatic heterocycles. The molecule has 2 aromatic heterocycles. The average molecular weight is 481 g/mol. The monoisotopic (exact) mass is 480 g/mol. The Morgan fingerprint density at radius 1 is 1.27 bits per heavy atom. The molecule has 0 bridgehead atoms. The SMILES string of the molecule is Cc1ccc(-c2csc3nc(SC(C)C(=O)NC4(C#N)CCCCC4)n(C)c(=O)c23)cc1C. The van der Waals surface area contributed by atoms with Gasteiger partial charge in [-0.3, -0.25) is 14.2 Å². The molecule has 1 saturated carbocycles. The molecule has 1 aliphatic carbocycles. The minimum atomic E-state index is -0.776. The molecule has 6 nitrogen and oxygen atoms in total. The molecule has 1 N–H and O–H groups in total. The van der Waals surface area contributed by atoms with Gasteiger partial charge in [-0.15, -0.1) is 11.3 Å². The summed E-state index contributed by atoms with van der Waals surface area (Å²) in [6.45, 7) is 5.92. The van der Waals surface area contributed by atoms with Crippen molar-refractivity contribution in [1.29, 1.82) is 5.26 Å². The van der Waals surface area contributed by atoms with E-state index >= 15 is 0 Å². The third-order valence-corrected chi connectivity index (χ3v) is 8.54. The Labute approximate surface area is 202 Å². The van der Waals surface area contributed by atoms with E-state index < -0.39 is 10.8 Å². The highest BCUT2D eigenvalue weighted by Crippen LogP contribution is 2.34. The molecule has 1 amide bonds. The second kappa shape index (κ2) is 9.32. The van der Waals surface area contributed by atoms with Crippen molar-refractivity contribution in [2.45, 2.75) is 68.8 Å². The number of nitrogens with one attached hydrogen (secondary N) is 1. The lowest BCUT2D eigenvalue weighted by Gasteiger charge is -2.32. The Kier molecular flexibility index (Phi) is 6.64. The van der Waals surface area contributed by atoms with E-state index in [1.165, 1.54) is 38.8 Å². The summed E-state index contributed by atoms with van der Waals surface area (Å²) in [5, 5.41) is 15.2. The van der Waals surface area contributed by atoms with E-state index in [-0.39, 0.29) is 11.5 Å². The number of thiophene rings is 1. The molecule has 1 aliphatic rings. The minimum Gasteiger partial charge on any atom is -0.337 e. The molecule has 33 heavy (non-hydrogen) atoms. The van der Waals surface area contributed by atoms with E-state index in [0.29, 0.717) is 28.2 Å². The van der Waals surface area contributed by atoms with Crippen LogP contribution in [0.25, 0.3) is 21.3 Å². The van der Waals surface area contributed by atoms with Crippen molar-refractivity contribution >= 4 is 39.2 Å². The summed E-state index contributed by atoms with van der Waals surface area (Å²) in [7, 11) is 1.70. The van der Waals surface area contributed by atoms with Crippen LogP contribution < -0.4 is 10.9 Å². The molecule has 4 rings (SSSR count). The Hall–Kier alpha value is -2.63. The molecule has 172 valence electrons. The molecular weight excluding hydrogens is 452 g/mol. The smallest absolute Gasteiger partial charge is 0.263 e. The van der Waals surface area contributed by atoms with Gasteiger partial charge in [0.25, 0.3) is 5.56 Å². The Bertz CT molecular complexity index is 1310. The molecule has 0 radical (unpaired) electrons. The summed E-state index contributed by atoms with van der Waals surface area (Å²) >= 11 is 2.69. The maximum atomic E-state index is 13.3. The summed E-state index contributed by atoms with van der Waals surface area (Å²) in [5.74, 6) is -0.195. The molecule has 1 unspecified atom stereocenters. The van der Waals surface area contributed by atoms with E-state index in [0.717, 1.165) is 30.4 Å². The van der Waals surface area contributed by atoms with Gasteiger partial charge in [0.1, 0.15) is 10.4 Å². The van der Waals surface area contributed by atoms with Crippen LogP contribution in [0.1, 0.15) is 50.2 Å². The topological polar surface area (TPSA) is 87.8 Å². The highest BCUT2D eigenvalue weighted by molar-refractivity contribution is 8.00. The molecule has 8 heteroatoms. The average Bonchev–Trinajstić information content (AvgIpc) is 3.23. The normalized spacial score (nSPS) is 16.3. The maximum Gasteiger partial charge on any atom is 0.263 e. The molecular formula is C25H28N4O2S2. The van der Waals surface area contributed by atoms with E-state index in [1.54, 1.807) is 14.0 Å². The van der Waals surface area contributed by atoms with Crippen LogP contribution in [-0.2, 0) is 11.8 Å². The van der Waals surface area contributed by atoms with Crippen molar-refractivity contribution in [2.75, 3.05) is 0 Å². The lowest BCUT2D eigenvalue weighted by Crippen LogP contribution is -2.51. The Morgan fingerprint density at radius 2 is 2.00 bits per heavy atom. The van der Waals surface area contributed by atoms with Crippen LogP contribution in [0.2, 0.25) is 0 Å². The summed E-state index contributed by atoms with van der Waals surface area (Å²) in [6, 6.07) is 8.53. The van der Waals surface area contributed by atoms with E-state index in [4.69, 9.17) is 4.98 Å². The van der Waals surface area contributed by atoms with Crippen LogP contribution in [0, 0.1) is 25.2 Å². The maximum absolute atomic E-state index is 13.3. The number of nitrogens with zero attached hydrogens (tertiary/aromatic N) is 3. The quantitative estimate of drug-likeness (QED) is 0.405. The third kappa shape index (κ3) is 4.57. The summed E-state index contributed by atoms with van der Waals surface area (Å²) in [4.78, 5) is 31.6. The molecule has 1 aromatic carbocycles. The predicted molar refractivity (Wildman–Crippen MR) is 135 cm³/mol.